The molecule has 0 saturated heterocycles. The van der Waals surface area contributed by atoms with Gasteiger partial charge >= 0.3 is 0 Å². The van der Waals surface area contributed by atoms with Gasteiger partial charge in [-0.3, -0.25) is 9.69 Å². The summed E-state index contributed by atoms with van der Waals surface area (Å²) in [5.41, 5.74) is 1.03. The molecular formula is C20H22N2O. The Hall–Kier alpha value is -2.42. The molecule has 2 aromatic rings. The van der Waals surface area contributed by atoms with E-state index in [1.807, 2.05) is 59.5 Å². The van der Waals surface area contributed by atoms with E-state index in [-0.39, 0.29) is 11.9 Å². The second kappa shape index (κ2) is 7.73. The second-order valence-electron chi connectivity index (χ2n) is 5.93. The van der Waals surface area contributed by atoms with Crippen molar-refractivity contribution in [1.82, 2.24) is 4.98 Å². The normalized spacial score (nSPS) is 15.7. The van der Waals surface area contributed by atoms with E-state index >= 15 is 0 Å². The molecule has 3 nitrogen and oxygen atoms in total. The minimum Gasteiger partial charge on any atom is -0.290 e. The van der Waals surface area contributed by atoms with E-state index in [4.69, 9.17) is 0 Å². The highest BCUT2D eigenvalue weighted by atomic mass is 16.2. The Bertz CT molecular complexity index is 646. The van der Waals surface area contributed by atoms with E-state index in [0.717, 1.165) is 24.2 Å². The first kappa shape index (κ1) is 15.5. The molecule has 1 amide bonds. The predicted octanol–water partition coefficient (Wildman–Crippen LogP) is 4.46. The van der Waals surface area contributed by atoms with Gasteiger partial charge in [0.15, 0.2) is 0 Å². The summed E-state index contributed by atoms with van der Waals surface area (Å²) in [5, 5.41) is 0. The quantitative estimate of drug-likeness (QED) is 0.781. The molecule has 3 heteroatoms. The van der Waals surface area contributed by atoms with Gasteiger partial charge in [-0.15, -0.1) is 0 Å². The van der Waals surface area contributed by atoms with Gasteiger partial charge in [-0.05, 0) is 36.6 Å². The molecule has 0 bridgehead atoms. The van der Waals surface area contributed by atoms with E-state index in [9.17, 15) is 4.79 Å². The number of hydrogen-bond donors (Lipinski definition) is 0. The summed E-state index contributed by atoms with van der Waals surface area (Å²) < 4.78 is 0. The number of amides is 1. The lowest BCUT2D eigenvalue weighted by atomic mass is 9.94. The second-order valence-corrected chi connectivity index (χ2v) is 5.93. The molecular weight excluding hydrogens is 284 g/mol. The number of rotatable bonds is 4. The molecule has 0 atom stereocenters. The zero-order valence-corrected chi connectivity index (χ0v) is 13.3. The molecule has 1 heterocycles. The third-order valence-corrected chi connectivity index (χ3v) is 4.29. The van der Waals surface area contributed by atoms with Crippen LogP contribution in [-0.4, -0.2) is 16.9 Å². The third kappa shape index (κ3) is 4.07. The molecule has 0 aliphatic heterocycles. The van der Waals surface area contributed by atoms with Gasteiger partial charge in [0.1, 0.15) is 5.82 Å². The number of carbonyl (C=O) groups is 1. The van der Waals surface area contributed by atoms with Crippen LogP contribution in [0.4, 0.5) is 5.82 Å². The molecule has 0 unspecified atom stereocenters. The number of aromatic nitrogens is 1. The monoisotopic (exact) mass is 306 g/mol. The zero-order chi connectivity index (χ0) is 15.9. The summed E-state index contributed by atoms with van der Waals surface area (Å²) in [6.07, 6.45) is 11.0. The van der Waals surface area contributed by atoms with Gasteiger partial charge in [0, 0.05) is 18.3 Å². The van der Waals surface area contributed by atoms with Crippen molar-refractivity contribution in [2.75, 3.05) is 4.90 Å². The summed E-state index contributed by atoms with van der Waals surface area (Å²) in [5.74, 6) is 0.765. The molecule has 118 valence electrons. The fraction of sp³-hybridized carbons (Fsp3) is 0.300. The van der Waals surface area contributed by atoms with Gasteiger partial charge in [-0.2, -0.15) is 0 Å². The molecule has 0 N–H and O–H groups in total. The molecule has 1 aromatic carbocycles. The Balaban J connectivity index is 1.82. The van der Waals surface area contributed by atoms with E-state index < -0.39 is 0 Å². The van der Waals surface area contributed by atoms with Gasteiger partial charge in [0.25, 0.3) is 5.91 Å². The van der Waals surface area contributed by atoms with E-state index in [1.54, 1.807) is 12.3 Å². The van der Waals surface area contributed by atoms with Crippen LogP contribution in [0.25, 0.3) is 6.08 Å². The summed E-state index contributed by atoms with van der Waals surface area (Å²) in [7, 11) is 0. The minimum absolute atomic E-state index is 0.0134. The highest BCUT2D eigenvalue weighted by molar-refractivity contribution is 6.03. The van der Waals surface area contributed by atoms with Crippen LogP contribution in [0.15, 0.2) is 60.8 Å². The molecule has 1 fully saturated rings. The first-order valence-electron chi connectivity index (χ1n) is 8.32. The Morgan fingerprint density at radius 1 is 1.00 bits per heavy atom. The average Bonchev–Trinajstić information content (AvgIpc) is 2.63. The van der Waals surface area contributed by atoms with Crippen molar-refractivity contribution < 1.29 is 4.79 Å². The maximum Gasteiger partial charge on any atom is 0.252 e. The Morgan fingerprint density at radius 3 is 2.43 bits per heavy atom. The van der Waals surface area contributed by atoms with Crippen LogP contribution in [-0.2, 0) is 4.79 Å². The average molecular weight is 306 g/mol. The predicted molar refractivity (Wildman–Crippen MR) is 94.1 cm³/mol. The number of pyridine rings is 1. The summed E-state index contributed by atoms with van der Waals surface area (Å²) in [6, 6.07) is 15.9. The molecule has 0 radical (unpaired) electrons. The van der Waals surface area contributed by atoms with Crippen molar-refractivity contribution in [2.45, 2.75) is 38.1 Å². The Morgan fingerprint density at radius 2 is 1.74 bits per heavy atom. The molecule has 1 aromatic heterocycles. The highest BCUT2D eigenvalue weighted by Gasteiger charge is 2.26. The summed E-state index contributed by atoms with van der Waals surface area (Å²) in [6.45, 7) is 0. The van der Waals surface area contributed by atoms with Gasteiger partial charge in [0.2, 0.25) is 0 Å². The van der Waals surface area contributed by atoms with E-state index in [2.05, 4.69) is 4.98 Å². The molecule has 1 aliphatic rings. The summed E-state index contributed by atoms with van der Waals surface area (Å²) >= 11 is 0. The fourth-order valence-corrected chi connectivity index (χ4v) is 3.13. The van der Waals surface area contributed by atoms with Crippen molar-refractivity contribution in [1.29, 1.82) is 0 Å². The number of nitrogens with zero attached hydrogens (tertiary/aromatic N) is 2. The molecule has 3 rings (SSSR count). The van der Waals surface area contributed by atoms with Crippen LogP contribution in [0.3, 0.4) is 0 Å². The lowest BCUT2D eigenvalue weighted by Crippen LogP contribution is -2.41. The van der Waals surface area contributed by atoms with Gasteiger partial charge < -0.3 is 0 Å². The van der Waals surface area contributed by atoms with Crippen molar-refractivity contribution in [3.63, 3.8) is 0 Å². The van der Waals surface area contributed by atoms with Crippen LogP contribution in [0.1, 0.15) is 37.7 Å². The molecule has 1 aliphatic carbocycles. The smallest absolute Gasteiger partial charge is 0.252 e. The summed E-state index contributed by atoms with van der Waals surface area (Å²) in [4.78, 5) is 19.1. The molecule has 1 saturated carbocycles. The topological polar surface area (TPSA) is 33.2 Å². The van der Waals surface area contributed by atoms with Crippen LogP contribution in [0.2, 0.25) is 0 Å². The number of carbonyl (C=O) groups excluding carboxylic acids is 1. The third-order valence-electron chi connectivity index (χ3n) is 4.29. The Labute approximate surface area is 137 Å². The van der Waals surface area contributed by atoms with Crippen LogP contribution < -0.4 is 4.90 Å². The first-order valence-corrected chi connectivity index (χ1v) is 8.32. The number of anilines is 1. The van der Waals surface area contributed by atoms with Crippen LogP contribution in [0.5, 0.6) is 0 Å². The first-order chi connectivity index (χ1) is 11.3. The lowest BCUT2D eigenvalue weighted by molar-refractivity contribution is -0.114. The molecule has 23 heavy (non-hydrogen) atoms. The number of hydrogen-bond acceptors (Lipinski definition) is 2. The van der Waals surface area contributed by atoms with Crippen LogP contribution >= 0.6 is 0 Å². The van der Waals surface area contributed by atoms with Gasteiger partial charge in [0.05, 0.1) is 0 Å². The maximum absolute atomic E-state index is 12.8. The van der Waals surface area contributed by atoms with Gasteiger partial charge in [-0.1, -0.05) is 55.7 Å². The number of benzene rings is 1. The van der Waals surface area contributed by atoms with E-state index in [1.165, 1.54) is 19.3 Å². The maximum atomic E-state index is 12.8. The molecule has 0 spiro atoms. The highest BCUT2D eigenvalue weighted by Crippen LogP contribution is 2.26. The fourth-order valence-electron chi connectivity index (χ4n) is 3.13. The van der Waals surface area contributed by atoms with Gasteiger partial charge in [-0.25, -0.2) is 4.98 Å². The standard InChI is InChI=1S/C20H22N2O/c23-20(15-14-17-9-3-1-4-10-17)22(18-11-5-2-6-12-18)19-13-7-8-16-21-19/h1,3-4,7-10,13-16,18H,2,5-6,11-12H2. The van der Waals surface area contributed by atoms with Crippen LogP contribution in [0, 0.1) is 0 Å². The van der Waals surface area contributed by atoms with Crippen molar-refractivity contribution >= 4 is 17.8 Å². The van der Waals surface area contributed by atoms with Crippen molar-refractivity contribution in [3.05, 3.63) is 66.4 Å². The van der Waals surface area contributed by atoms with Crippen molar-refractivity contribution in [2.24, 2.45) is 0 Å². The largest absolute Gasteiger partial charge is 0.290 e. The Kier molecular flexibility index (Phi) is 5.20. The van der Waals surface area contributed by atoms with Crippen molar-refractivity contribution in [3.8, 4) is 0 Å². The van der Waals surface area contributed by atoms with E-state index in [0.29, 0.717) is 0 Å². The SMILES string of the molecule is O=C(C=Cc1ccccc1)N(c1ccccn1)C1CCCCC1. The minimum atomic E-state index is 0.0134. The lowest BCUT2D eigenvalue weighted by Gasteiger charge is -2.32. The zero-order valence-electron chi connectivity index (χ0n) is 13.3.